The highest BCUT2D eigenvalue weighted by atomic mass is 16.1. The lowest BCUT2D eigenvalue weighted by Gasteiger charge is -2.17. The Morgan fingerprint density at radius 2 is 1.35 bits per heavy atom. The fourth-order valence-corrected chi connectivity index (χ4v) is 3.02. The van der Waals surface area contributed by atoms with Crippen molar-refractivity contribution in [3.05, 3.63) is 101 Å². The van der Waals surface area contributed by atoms with Crippen LogP contribution in [0.5, 0.6) is 0 Å². The Bertz CT molecular complexity index is 901. The molecule has 0 atom stereocenters. The van der Waals surface area contributed by atoms with Crippen molar-refractivity contribution < 1.29 is 9.59 Å². The third kappa shape index (κ3) is 2.29. The van der Waals surface area contributed by atoms with Gasteiger partial charge in [-0.25, -0.2) is 0 Å². The molecule has 2 aliphatic carbocycles. The number of carbonyl (C=O) groups excluding carboxylic acids is 2. The summed E-state index contributed by atoms with van der Waals surface area (Å²) in [6.07, 6.45) is 12.3. The molecule has 4 rings (SSSR count). The van der Waals surface area contributed by atoms with Crippen molar-refractivity contribution in [2.45, 2.75) is 0 Å². The second-order valence-electron chi connectivity index (χ2n) is 5.72. The topological polar surface area (TPSA) is 34.1 Å². The molecule has 2 aromatic rings. The van der Waals surface area contributed by atoms with Gasteiger partial charge < -0.3 is 0 Å². The predicted molar refractivity (Wildman–Crippen MR) is 90.6 cm³/mol. The van der Waals surface area contributed by atoms with E-state index in [0.717, 1.165) is 5.56 Å². The van der Waals surface area contributed by atoms with Crippen LogP contribution in [-0.4, -0.2) is 11.6 Å². The van der Waals surface area contributed by atoms with Crippen molar-refractivity contribution in [2.24, 2.45) is 5.92 Å². The molecule has 0 unspecified atom stereocenters. The van der Waals surface area contributed by atoms with E-state index in [4.69, 9.17) is 0 Å². The van der Waals surface area contributed by atoms with Crippen LogP contribution in [0.15, 0.2) is 72.8 Å². The van der Waals surface area contributed by atoms with Gasteiger partial charge in [0.15, 0.2) is 11.6 Å². The van der Waals surface area contributed by atoms with E-state index in [-0.39, 0.29) is 11.6 Å². The van der Waals surface area contributed by atoms with Crippen LogP contribution in [0.4, 0.5) is 0 Å². The molecule has 0 radical (unpaired) electrons. The van der Waals surface area contributed by atoms with E-state index in [1.54, 1.807) is 30.3 Å². The first-order valence-corrected chi connectivity index (χ1v) is 7.60. The van der Waals surface area contributed by atoms with Crippen LogP contribution in [0.3, 0.4) is 0 Å². The van der Waals surface area contributed by atoms with Crippen molar-refractivity contribution in [1.82, 2.24) is 0 Å². The van der Waals surface area contributed by atoms with Crippen molar-refractivity contribution in [3.8, 4) is 0 Å². The maximum Gasteiger partial charge on any atom is 0.194 e. The standard InChI is InChI=1S/C21H14O2/c22-20-16-7-3-4-8-17(16)21(23)19-13-15(11-12-18(19)20)10-9-14-5-1-2-6-14/h1-14H. The molecule has 0 amide bonds. The molecule has 0 aliphatic heterocycles. The van der Waals surface area contributed by atoms with E-state index in [1.165, 1.54) is 0 Å². The predicted octanol–water partition coefficient (Wildman–Crippen LogP) is 4.22. The average molecular weight is 298 g/mol. The second kappa shape index (κ2) is 5.33. The van der Waals surface area contributed by atoms with Crippen molar-refractivity contribution in [1.29, 1.82) is 0 Å². The van der Waals surface area contributed by atoms with Crippen LogP contribution >= 0.6 is 0 Å². The number of hydrogen-bond acceptors (Lipinski definition) is 2. The molecule has 0 aromatic heterocycles. The lowest BCUT2D eigenvalue weighted by atomic mass is 9.83. The Kier molecular flexibility index (Phi) is 3.16. The summed E-state index contributed by atoms with van der Waals surface area (Å²) >= 11 is 0. The zero-order valence-corrected chi connectivity index (χ0v) is 12.4. The quantitative estimate of drug-likeness (QED) is 0.710. The minimum Gasteiger partial charge on any atom is -0.289 e. The van der Waals surface area contributed by atoms with E-state index in [1.807, 2.05) is 30.4 Å². The van der Waals surface area contributed by atoms with Crippen molar-refractivity contribution >= 4 is 17.6 Å². The molecule has 0 spiro atoms. The van der Waals surface area contributed by atoms with Gasteiger partial charge in [-0.15, -0.1) is 0 Å². The van der Waals surface area contributed by atoms with E-state index in [9.17, 15) is 9.59 Å². The van der Waals surface area contributed by atoms with Gasteiger partial charge in [-0.3, -0.25) is 9.59 Å². The summed E-state index contributed by atoms with van der Waals surface area (Å²) in [5.74, 6) is 0.141. The highest BCUT2D eigenvalue weighted by molar-refractivity contribution is 6.28. The van der Waals surface area contributed by atoms with Gasteiger partial charge in [0, 0.05) is 28.2 Å². The number of carbonyl (C=O) groups is 2. The first-order chi connectivity index (χ1) is 11.2. The van der Waals surface area contributed by atoms with Crippen LogP contribution in [0.1, 0.15) is 37.4 Å². The minimum atomic E-state index is -0.0777. The summed E-state index contributed by atoms with van der Waals surface area (Å²) in [5.41, 5.74) is 2.90. The SMILES string of the molecule is O=C1c2ccccc2C(=O)c2cc(C=CC3C=CC=C3)ccc21. The number of ketones is 2. The van der Waals surface area contributed by atoms with Crippen LogP contribution in [0, 0.1) is 5.92 Å². The maximum atomic E-state index is 12.7. The Balaban J connectivity index is 1.74. The molecule has 2 aliphatic rings. The lowest BCUT2D eigenvalue weighted by molar-refractivity contribution is 0.0979. The number of hydrogen-bond donors (Lipinski definition) is 0. The summed E-state index contributed by atoms with van der Waals surface area (Å²) < 4.78 is 0. The number of allylic oxidation sites excluding steroid dienone is 5. The van der Waals surface area contributed by atoms with Crippen LogP contribution in [0.25, 0.3) is 6.08 Å². The highest BCUT2D eigenvalue weighted by Gasteiger charge is 2.29. The molecule has 2 nitrogen and oxygen atoms in total. The van der Waals surface area contributed by atoms with E-state index in [0.29, 0.717) is 28.2 Å². The molecule has 0 heterocycles. The summed E-state index contributed by atoms with van der Waals surface area (Å²) in [5, 5.41) is 0. The van der Waals surface area contributed by atoms with Crippen molar-refractivity contribution in [3.63, 3.8) is 0 Å². The van der Waals surface area contributed by atoms with Gasteiger partial charge in [-0.05, 0) is 17.7 Å². The van der Waals surface area contributed by atoms with Gasteiger partial charge >= 0.3 is 0 Å². The third-order valence-corrected chi connectivity index (χ3v) is 4.24. The van der Waals surface area contributed by atoms with E-state index < -0.39 is 0 Å². The molecular weight excluding hydrogens is 284 g/mol. The van der Waals surface area contributed by atoms with E-state index in [2.05, 4.69) is 18.2 Å². The van der Waals surface area contributed by atoms with Gasteiger partial charge in [-0.1, -0.05) is 66.8 Å². The minimum absolute atomic E-state index is 0.0765. The molecule has 2 heteroatoms. The van der Waals surface area contributed by atoms with Gasteiger partial charge in [0.05, 0.1) is 0 Å². The number of benzene rings is 2. The van der Waals surface area contributed by atoms with Gasteiger partial charge in [0.25, 0.3) is 0 Å². The molecule has 0 saturated carbocycles. The molecule has 0 saturated heterocycles. The van der Waals surface area contributed by atoms with Crippen LogP contribution in [0.2, 0.25) is 0 Å². The van der Waals surface area contributed by atoms with Gasteiger partial charge in [0.2, 0.25) is 0 Å². The Labute approximate surface area is 134 Å². The summed E-state index contributed by atoms with van der Waals surface area (Å²) in [7, 11) is 0. The average Bonchev–Trinajstić information content (AvgIpc) is 3.11. The van der Waals surface area contributed by atoms with Gasteiger partial charge in [-0.2, -0.15) is 0 Å². The first-order valence-electron chi connectivity index (χ1n) is 7.60. The number of fused-ring (bicyclic) bond motifs is 2. The molecule has 23 heavy (non-hydrogen) atoms. The zero-order valence-electron chi connectivity index (χ0n) is 12.4. The second-order valence-corrected chi connectivity index (χ2v) is 5.72. The summed E-state index contributed by atoms with van der Waals surface area (Å²) in [6.45, 7) is 0. The monoisotopic (exact) mass is 298 g/mol. The summed E-state index contributed by atoms with van der Waals surface area (Å²) in [4.78, 5) is 25.2. The largest absolute Gasteiger partial charge is 0.289 e. The summed E-state index contributed by atoms with van der Waals surface area (Å²) in [6, 6.07) is 12.5. The Morgan fingerprint density at radius 1 is 0.739 bits per heavy atom. The fourth-order valence-electron chi connectivity index (χ4n) is 3.02. The normalized spacial score (nSPS) is 16.2. The van der Waals surface area contributed by atoms with Crippen LogP contribution < -0.4 is 0 Å². The van der Waals surface area contributed by atoms with Crippen molar-refractivity contribution in [2.75, 3.05) is 0 Å². The lowest BCUT2D eigenvalue weighted by Crippen LogP contribution is -2.20. The van der Waals surface area contributed by atoms with Gasteiger partial charge in [0.1, 0.15) is 0 Å². The molecule has 0 fully saturated rings. The highest BCUT2D eigenvalue weighted by Crippen LogP contribution is 2.28. The molecule has 110 valence electrons. The number of rotatable bonds is 2. The third-order valence-electron chi connectivity index (χ3n) is 4.24. The first kappa shape index (κ1) is 13.6. The molecule has 2 aromatic carbocycles. The Hall–Kier alpha value is -3.00. The van der Waals surface area contributed by atoms with Crippen LogP contribution in [-0.2, 0) is 0 Å². The molecule has 0 N–H and O–H groups in total. The molecular formula is C21H14O2. The smallest absolute Gasteiger partial charge is 0.194 e. The van der Waals surface area contributed by atoms with E-state index >= 15 is 0 Å². The maximum absolute atomic E-state index is 12.7. The Morgan fingerprint density at radius 3 is 2.04 bits per heavy atom. The zero-order chi connectivity index (χ0) is 15.8. The molecule has 0 bridgehead atoms. The fraction of sp³-hybridized carbons (Fsp3) is 0.0476.